The molecule has 1 fully saturated rings. The minimum Gasteiger partial charge on any atom is -0.460 e. The number of aliphatic hydroxyl groups excluding tert-OH is 4. The van der Waals surface area contributed by atoms with Gasteiger partial charge in [-0.05, 0) is 28.1 Å². The number of aromatic amines is 1. The number of nitrogens with one attached hydrogen (secondary N) is 1. The minimum absolute atomic E-state index is 0.335. The molecule has 7 nitrogen and oxygen atoms in total. The van der Waals surface area contributed by atoms with E-state index in [0.29, 0.717) is 20.6 Å². The molecular weight excluding hydrogens is 394 g/mol. The zero-order valence-electron chi connectivity index (χ0n) is 11.7. The molecule has 2 heterocycles. The Balaban J connectivity index is 1.87. The molecule has 0 unspecified atom stereocenters. The number of fused-ring (bicyclic) bond motifs is 1. The van der Waals surface area contributed by atoms with Crippen LogP contribution in [-0.2, 0) is 4.74 Å². The number of aromatic nitrogens is 1. The number of benzene rings is 1. The monoisotopic (exact) mass is 407 g/mol. The highest BCUT2D eigenvalue weighted by molar-refractivity contribution is 9.10. The fourth-order valence-corrected chi connectivity index (χ4v) is 3.12. The van der Waals surface area contributed by atoms with Crippen LogP contribution in [0, 0.1) is 0 Å². The molecule has 9 heteroatoms. The summed E-state index contributed by atoms with van der Waals surface area (Å²) in [6.07, 6.45) is -4.88. The Labute approximate surface area is 144 Å². The minimum atomic E-state index is -1.38. The lowest BCUT2D eigenvalue weighted by Gasteiger charge is -2.18. The highest BCUT2D eigenvalue weighted by Crippen LogP contribution is 2.38. The van der Waals surface area contributed by atoms with E-state index in [1.165, 1.54) is 0 Å². The van der Waals surface area contributed by atoms with E-state index in [1.807, 2.05) is 0 Å². The van der Waals surface area contributed by atoms with Gasteiger partial charge in [-0.15, -0.1) is 0 Å². The van der Waals surface area contributed by atoms with Crippen molar-refractivity contribution >= 4 is 38.4 Å². The summed E-state index contributed by atoms with van der Waals surface area (Å²) in [5, 5.41) is 39.5. The standard InChI is InChI=1S/C14H15BrClNO6/c15-5-1-2-6-9(10(5)16)8(3-17-6)22-14-12(21)11(20)13(23-14)7(19)4-18/h1-3,7,11-14,17-21H,4H2/t7-,11-,12-,13+,14-/m1/s1. The predicted molar refractivity (Wildman–Crippen MR) is 85.4 cm³/mol. The van der Waals surface area contributed by atoms with Crippen LogP contribution in [0.25, 0.3) is 10.9 Å². The Morgan fingerprint density at radius 3 is 2.78 bits per heavy atom. The molecule has 3 rings (SSSR count). The Kier molecular flexibility index (Phi) is 4.84. The normalized spacial score (nSPS) is 29.1. The molecule has 0 saturated carbocycles. The maximum absolute atomic E-state index is 10.0. The molecular formula is C14H15BrClNO6. The maximum Gasteiger partial charge on any atom is 0.229 e. The van der Waals surface area contributed by atoms with Gasteiger partial charge in [-0.25, -0.2) is 0 Å². The van der Waals surface area contributed by atoms with Crippen molar-refractivity contribution in [3.63, 3.8) is 0 Å². The van der Waals surface area contributed by atoms with Gasteiger partial charge < -0.3 is 34.9 Å². The molecule has 2 aromatic rings. The number of hydrogen-bond acceptors (Lipinski definition) is 6. The first-order chi connectivity index (χ1) is 10.9. The number of rotatable bonds is 4. The highest BCUT2D eigenvalue weighted by Gasteiger charge is 2.47. The van der Waals surface area contributed by atoms with Gasteiger partial charge in [0.15, 0.2) is 0 Å². The van der Waals surface area contributed by atoms with Gasteiger partial charge >= 0.3 is 0 Å². The molecule has 126 valence electrons. The molecule has 1 saturated heterocycles. The van der Waals surface area contributed by atoms with Crippen molar-refractivity contribution in [3.8, 4) is 5.75 Å². The van der Waals surface area contributed by atoms with E-state index < -0.39 is 37.3 Å². The smallest absolute Gasteiger partial charge is 0.229 e. The maximum atomic E-state index is 10.0. The number of H-pyrrole nitrogens is 1. The summed E-state index contributed by atoms with van der Waals surface area (Å²) in [5.74, 6) is 0.335. The van der Waals surface area contributed by atoms with Crippen molar-refractivity contribution in [2.45, 2.75) is 30.7 Å². The van der Waals surface area contributed by atoms with Gasteiger partial charge in [0, 0.05) is 10.7 Å². The van der Waals surface area contributed by atoms with E-state index in [2.05, 4.69) is 20.9 Å². The van der Waals surface area contributed by atoms with Crippen molar-refractivity contribution in [2.75, 3.05) is 6.61 Å². The van der Waals surface area contributed by atoms with E-state index in [1.54, 1.807) is 18.3 Å². The topological polar surface area (TPSA) is 115 Å². The van der Waals surface area contributed by atoms with Crippen molar-refractivity contribution in [1.29, 1.82) is 0 Å². The zero-order chi connectivity index (χ0) is 16.7. The lowest BCUT2D eigenvalue weighted by molar-refractivity contribution is -0.136. The quantitative estimate of drug-likeness (QED) is 0.510. The third kappa shape index (κ3) is 2.96. The summed E-state index contributed by atoms with van der Waals surface area (Å²) < 4.78 is 11.6. The van der Waals surface area contributed by atoms with Crippen molar-refractivity contribution in [3.05, 3.63) is 27.8 Å². The van der Waals surface area contributed by atoms with Crippen LogP contribution in [0.2, 0.25) is 5.02 Å². The molecule has 0 bridgehead atoms. The zero-order valence-corrected chi connectivity index (χ0v) is 14.0. The molecule has 1 aliphatic heterocycles. The summed E-state index contributed by atoms with van der Waals surface area (Å²) in [4.78, 5) is 2.98. The van der Waals surface area contributed by atoms with Crippen LogP contribution in [0.1, 0.15) is 0 Å². The molecule has 23 heavy (non-hydrogen) atoms. The van der Waals surface area contributed by atoms with E-state index >= 15 is 0 Å². The van der Waals surface area contributed by atoms with Crippen molar-refractivity contribution in [2.24, 2.45) is 0 Å². The van der Waals surface area contributed by atoms with Crippen molar-refractivity contribution < 1.29 is 29.9 Å². The van der Waals surface area contributed by atoms with Gasteiger partial charge in [0.2, 0.25) is 6.29 Å². The third-order valence-electron chi connectivity index (χ3n) is 3.77. The van der Waals surface area contributed by atoms with Crippen LogP contribution in [0.4, 0.5) is 0 Å². The molecule has 5 N–H and O–H groups in total. The largest absolute Gasteiger partial charge is 0.460 e. The van der Waals surface area contributed by atoms with Crippen LogP contribution in [0.5, 0.6) is 5.75 Å². The molecule has 5 atom stereocenters. The number of hydrogen-bond donors (Lipinski definition) is 5. The Bertz CT molecular complexity index is 710. The fraction of sp³-hybridized carbons (Fsp3) is 0.429. The van der Waals surface area contributed by atoms with E-state index in [4.69, 9.17) is 26.2 Å². The summed E-state index contributed by atoms with van der Waals surface area (Å²) in [7, 11) is 0. The van der Waals surface area contributed by atoms with Crippen LogP contribution >= 0.6 is 27.5 Å². The SMILES string of the molecule is OC[C@@H](O)[C@@H]1O[C@@H](Oc2c[nH]c3ccc(Br)c(Cl)c23)[C@H](O)[C@H]1O. The molecule has 0 spiro atoms. The number of ether oxygens (including phenoxy) is 2. The third-order valence-corrected chi connectivity index (χ3v) is 5.05. The van der Waals surface area contributed by atoms with Gasteiger partial charge in [0.1, 0.15) is 30.2 Å². The van der Waals surface area contributed by atoms with Gasteiger partial charge in [-0.1, -0.05) is 11.6 Å². The van der Waals surface area contributed by atoms with Gasteiger partial charge in [-0.3, -0.25) is 0 Å². The van der Waals surface area contributed by atoms with Gasteiger partial charge in [-0.2, -0.15) is 0 Å². The number of aliphatic hydroxyl groups is 4. The first-order valence-corrected chi connectivity index (χ1v) is 8.03. The predicted octanol–water partition coefficient (Wildman–Crippen LogP) is 0.762. The van der Waals surface area contributed by atoms with Gasteiger partial charge in [0.05, 0.1) is 22.5 Å². The van der Waals surface area contributed by atoms with E-state index in [9.17, 15) is 15.3 Å². The Morgan fingerprint density at radius 2 is 2.09 bits per heavy atom. The van der Waals surface area contributed by atoms with E-state index in [-0.39, 0.29) is 0 Å². The second-order valence-electron chi connectivity index (χ2n) is 5.25. The molecule has 1 aliphatic rings. The number of halogens is 2. The lowest BCUT2D eigenvalue weighted by atomic mass is 10.1. The second-order valence-corrected chi connectivity index (χ2v) is 6.49. The van der Waals surface area contributed by atoms with Crippen LogP contribution < -0.4 is 4.74 Å². The van der Waals surface area contributed by atoms with Crippen LogP contribution in [-0.4, -0.2) is 62.7 Å². The first kappa shape index (κ1) is 17.0. The molecule has 0 radical (unpaired) electrons. The Morgan fingerprint density at radius 1 is 1.35 bits per heavy atom. The van der Waals surface area contributed by atoms with E-state index in [0.717, 1.165) is 5.52 Å². The summed E-state index contributed by atoms with van der Waals surface area (Å²) in [6, 6.07) is 3.58. The Hall–Kier alpha value is -0.870. The average molecular weight is 409 g/mol. The summed E-state index contributed by atoms with van der Waals surface area (Å²) >= 11 is 9.58. The fourth-order valence-electron chi connectivity index (χ4n) is 2.54. The molecule has 0 aliphatic carbocycles. The van der Waals surface area contributed by atoms with Crippen molar-refractivity contribution in [1.82, 2.24) is 4.98 Å². The van der Waals surface area contributed by atoms with Crippen LogP contribution in [0.3, 0.4) is 0 Å². The van der Waals surface area contributed by atoms with Gasteiger partial charge in [0.25, 0.3) is 0 Å². The molecule has 1 aromatic heterocycles. The second kappa shape index (κ2) is 6.56. The highest BCUT2D eigenvalue weighted by atomic mass is 79.9. The molecule has 0 amide bonds. The molecule has 1 aromatic carbocycles. The van der Waals surface area contributed by atoms with Crippen LogP contribution in [0.15, 0.2) is 22.8 Å². The average Bonchev–Trinajstić information content (AvgIpc) is 3.07. The first-order valence-electron chi connectivity index (χ1n) is 6.86. The summed E-state index contributed by atoms with van der Waals surface area (Å²) in [5.41, 5.74) is 0.730. The summed E-state index contributed by atoms with van der Waals surface area (Å²) in [6.45, 7) is -0.604. The lowest BCUT2D eigenvalue weighted by Crippen LogP contribution is -2.40.